The minimum atomic E-state index is -0.293. The van der Waals surface area contributed by atoms with Gasteiger partial charge in [-0.05, 0) is 23.6 Å². The summed E-state index contributed by atoms with van der Waals surface area (Å²) < 4.78 is 5.10. The summed E-state index contributed by atoms with van der Waals surface area (Å²) in [5.74, 6) is 0.436. The van der Waals surface area contributed by atoms with Crippen molar-refractivity contribution in [3.8, 4) is 0 Å². The standard InChI is InChI=1S/C12H12O2/c1-8(2)9-4-3-5-11-10(9)6-7-12(13)14-11/h3-8H,1-2H3. The Bertz CT molecular complexity index is 509. The molecular weight excluding hydrogens is 176 g/mol. The van der Waals surface area contributed by atoms with Crippen LogP contribution in [-0.4, -0.2) is 0 Å². The second-order valence-corrected chi connectivity index (χ2v) is 3.67. The van der Waals surface area contributed by atoms with Crippen molar-refractivity contribution in [3.63, 3.8) is 0 Å². The van der Waals surface area contributed by atoms with E-state index in [1.54, 1.807) is 0 Å². The van der Waals surface area contributed by atoms with Crippen LogP contribution in [0.15, 0.2) is 39.5 Å². The number of hydrogen-bond acceptors (Lipinski definition) is 2. The zero-order chi connectivity index (χ0) is 10.1. The van der Waals surface area contributed by atoms with Gasteiger partial charge in [0.25, 0.3) is 0 Å². The third-order valence-corrected chi connectivity index (χ3v) is 2.32. The molecule has 1 heterocycles. The van der Waals surface area contributed by atoms with Crippen LogP contribution in [0.3, 0.4) is 0 Å². The fourth-order valence-corrected chi connectivity index (χ4v) is 1.63. The topological polar surface area (TPSA) is 30.2 Å². The highest BCUT2D eigenvalue weighted by Crippen LogP contribution is 2.23. The largest absolute Gasteiger partial charge is 0.423 e. The molecule has 1 aromatic carbocycles. The minimum Gasteiger partial charge on any atom is -0.423 e. The smallest absolute Gasteiger partial charge is 0.336 e. The fraction of sp³-hybridized carbons (Fsp3) is 0.250. The Kier molecular flexibility index (Phi) is 2.12. The van der Waals surface area contributed by atoms with Crippen molar-refractivity contribution in [2.75, 3.05) is 0 Å². The summed E-state index contributed by atoms with van der Waals surface area (Å²) in [4.78, 5) is 11.0. The first-order chi connectivity index (χ1) is 6.68. The molecule has 72 valence electrons. The van der Waals surface area contributed by atoms with Gasteiger partial charge in [0.2, 0.25) is 0 Å². The van der Waals surface area contributed by atoms with Gasteiger partial charge in [-0.1, -0.05) is 26.0 Å². The van der Waals surface area contributed by atoms with Gasteiger partial charge < -0.3 is 4.42 Å². The lowest BCUT2D eigenvalue weighted by Crippen LogP contribution is -1.96. The summed E-state index contributed by atoms with van der Waals surface area (Å²) in [6.07, 6.45) is 0. The molecule has 14 heavy (non-hydrogen) atoms. The van der Waals surface area contributed by atoms with Crippen LogP contribution in [0.4, 0.5) is 0 Å². The Morgan fingerprint density at radius 3 is 2.64 bits per heavy atom. The normalized spacial score (nSPS) is 11.1. The minimum absolute atomic E-state index is 0.293. The molecule has 0 amide bonds. The third kappa shape index (κ3) is 1.43. The maximum atomic E-state index is 11.0. The summed E-state index contributed by atoms with van der Waals surface area (Å²) in [5, 5.41) is 1.03. The van der Waals surface area contributed by atoms with Gasteiger partial charge in [0.05, 0.1) is 0 Å². The molecule has 0 spiro atoms. The molecule has 0 bridgehead atoms. The van der Waals surface area contributed by atoms with Gasteiger partial charge in [0, 0.05) is 11.5 Å². The summed E-state index contributed by atoms with van der Waals surface area (Å²) in [5.41, 5.74) is 1.59. The Hall–Kier alpha value is -1.57. The van der Waals surface area contributed by atoms with E-state index in [9.17, 15) is 4.79 Å². The van der Waals surface area contributed by atoms with E-state index in [1.165, 1.54) is 11.6 Å². The first-order valence-corrected chi connectivity index (χ1v) is 4.71. The van der Waals surface area contributed by atoms with Crippen LogP contribution in [0.2, 0.25) is 0 Å². The van der Waals surface area contributed by atoms with Gasteiger partial charge in [-0.2, -0.15) is 0 Å². The molecule has 0 radical (unpaired) electrons. The van der Waals surface area contributed by atoms with E-state index in [0.717, 1.165) is 5.39 Å². The maximum absolute atomic E-state index is 11.0. The van der Waals surface area contributed by atoms with Crippen LogP contribution >= 0.6 is 0 Å². The van der Waals surface area contributed by atoms with Crippen LogP contribution in [0.25, 0.3) is 11.0 Å². The van der Waals surface area contributed by atoms with Crippen molar-refractivity contribution >= 4 is 11.0 Å². The highest BCUT2D eigenvalue weighted by atomic mass is 16.4. The van der Waals surface area contributed by atoms with E-state index in [0.29, 0.717) is 11.5 Å². The Morgan fingerprint density at radius 2 is 1.93 bits per heavy atom. The lowest BCUT2D eigenvalue weighted by Gasteiger charge is -2.07. The van der Waals surface area contributed by atoms with E-state index in [-0.39, 0.29) is 5.63 Å². The summed E-state index contributed by atoms with van der Waals surface area (Å²) in [6.45, 7) is 4.25. The summed E-state index contributed by atoms with van der Waals surface area (Å²) >= 11 is 0. The quantitative estimate of drug-likeness (QED) is 0.644. The van der Waals surface area contributed by atoms with E-state index in [4.69, 9.17) is 4.42 Å². The van der Waals surface area contributed by atoms with Crippen LogP contribution in [0, 0.1) is 0 Å². The predicted molar refractivity (Wildman–Crippen MR) is 56.6 cm³/mol. The summed E-state index contributed by atoms with van der Waals surface area (Å²) in [6, 6.07) is 9.10. The molecule has 2 nitrogen and oxygen atoms in total. The molecule has 0 aliphatic heterocycles. The monoisotopic (exact) mass is 188 g/mol. The van der Waals surface area contributed by atoms with Crippen molar-refractivity contribution in [2.45, 2.75) is 19.8 Å². The van der Waals surface area contributed by atoms with Gasteiger partial charge in [-0.15, -0.1) is 0 Å². The Morgan fingerprint density at radius 1 is 1.14 bits per heavy atom. The van der Waals surface area contributed by atoms with Crippen molar-refractivity contribution in [2.24, 2.45) is 0 Å². The zero-order valence-corrected chi connectivity index (χ0v) is 8.28. The van der Waals surface area contributed by atoms with Crippen LogP contribution in [0.1, 0.15) is 25.3 Å². The number of benzene rings is 1. The molecule has 0 atom stereocenters. The van der Waals surface area contributed by atoms with Crippen LogP contribution in [-0.2, 0) is 0 Å². The molecule has 0 saturated carbocycles. The predicted octanol–water partition coefficient (Wildman–Crippen LogP) is 2.92. The van der Waals surface area contributed by atoms with Gasteiger partial charge in [0.15, 0.2) is 0 Å². The van der Waals surface area contributed by atoms with Gasteiger partial charge >= 0.3 is 5.63 Å². The summed E-state index contributed by atoms with van der Waals surface area (Å²) in [7, 11) is 0. The molecule has 2 heteroatoms. The van der Waals surface area contributed by atoms with Crippen molar-refractivity contribution in [1.82, 2.24) is 0 Å². The average molecular weight is 188 g/mol. The fourth-order valence-electron chi connectivity index (χ4n) is 1.63. The lowest BCUT2D eigenvalue weighted by atomic mass is 9.99. The highest BCUT2D eigenvalue weighted by molar-refractivity contribution is 5.80. The van der Waals surface area contributed by atoms with Crippen molar-refractivity contribution in [1.29, 1.82) is 0 Å². The molecular formula is C12H12O2. The molecule has 0 N–H and O–H groups in total. The van der Waals surface area contributed by atoms with E-state index in [2.05, 4.69) is 19.9 Å². The van der Waals surface area contributed by atoms with Crippen molar-refractivity contribution in [3.05, 3.63) is 46.3 Å². The first kappa shape index (κ1) is 9.00. The maximum Gasteiger partial charge on any atom is 0.336 e. The zero-order valence-electron chi connectivity index (χ0n) is 8.28. The van der Waals surface area contributed by atoms with Gasteiger partial charge in [-0.3, -0.25) is 0 Å². The molecule has 0 aliphatic rings. The molecule has 2 aromatic rings. The second kappa shape index (κ2) is 3.29. The third-order valence-electron chi connectivity index (χ3n) is 2.32. The second-order valence-electron chi connectivity index (χ2n) is 3.67. The first-order valence-electron chi connectivity index (χ1n) is 4.71. The van der Waals surface area contributed by atoms with Gasteiger partial charge in [-0.25, -0.2) is 4.79 Å². The van der Waals surface area contributed by atoms with Crippen LogP contribution in [0.5, 0.6) is 0 Å². The SMILES string of the molecule is CC(C)c1cccc2oc(=O)ccc12. The molecule has 0 unspecified atom stereocenters. The average Bonchev–Trinajstić information content (AvgIpc) is 2.16. The Labute approximate surface area is 82.2 Å². The highest BCUT2D eigenvalue weighted by Gasteiger charge is 2.05. The van der Waals surface area contributed by atoms with E-state index in [1.807, 2.05) is 18.2 Å². The van der Waals surface area contributed by atoms with Crippen molar-refractivity contribution < 1.29 is 4.42 Å². The number of fused-ring (bicyclic) bond motifs is 1. The van der Waals surface area contributed by atoms with Crippen LogP contribution < -0.4 is 5.63 Å². The van der Waals surface area contributed by atoms with E-state index >= 15 is 0 Å². The molecule has 0 fully saturated rings. The Balaban J connectivity index is 2.81. The number of hydrogen-bond donors (Lipinski definition) is 0. The molecule has 2 rings (SSSR count). The lowest BCUT2D eigenvalue weighted by molar-refractivity contribution is 0.560. The molecule has 0 aliphatic carbocycles. The van der Waals surface area contributed by atoms with E-state index < -0.39 is 0 Å². The van der Waals surface area contributed by atoms with Gasteiger partial charge in [0.1, 0.15) is 5.58 Å². The number of rotatable bonds is 1. The molecule has 1 aromatic heterocycles. The molecule has 0 saturated heterocycles.